The number of ether oxygens (including phenoxy) is 1. The van der Waals surface area contributed by atoms with E-state index >= 15 is 0 Å². The van der Waals surface area contributed by atoms with E-state index in [1.165, 1.54) is 0 Å². The van der Waals surface area contributed by atoms with E-state index in [9.17, 15) is 0 Å². The quantitative estimate of drug-likeness (QED) is 0.564. The maximum Gasteiger partial charge on any atom is 1.00 e. The maximum atomic E-state index is 8.89. The van der Waals surface area contributed by atoms with Gasteiger partial charge in [-0.2, -0.15) is 0 Å². The van der Waals surface area contributed by atoms with Gasteiger partial charge in [-0.1, -0.05) is 0 Å². The van der Waals surface area contributed by atoms with Gasteiger partial charge in [-0.15, -0.1) is 0 Å². The molecule has 0 unspecified atom stereocenters. The first-order valence-electron chi connectivity index (χ1n) is 7.76. The minimum atomic E-state index is -1.08. The molecule has 0 amide bonds. The van der Waals surface area contributed by atoms with Crippen LogP contribution < -0.4 is 66.7 Å². The molecule has 1 aromatic rings. The van der Waals surface area contributed by atoms with Crippen LogP contribution >= 0.6 is 0 Å². The number of hydrogen-bond donors (Lipinski definition) is 0. The number of aliphatic carboxylic acids is 1. The third-order valence-electron chi connectivity index (χ3n) is 4.10. The first-order valence-corrected chi connectivity index (χ1v) is 7.76. The molecule has 2 heterocycles. The average Bonchev–Trinajstić information content (AvgIpc) is 3.17. The molecule has 0 spiro atoms. The Morgan fingerprint density at radius 2 is 1.79 bits per heavy atom. The van der Waals surface area contributed by atoms with Crippen LogP contribution in [0.5, 0.6) is 5.88 Å². The largest absolute Gasteiger partial charge is 1.00 e. The number of carboxylic acids is 1. The van der Waals surface area contributed by atoms with E-state index in [4.69, 9.17) is 23.9 Å². The summed E-state index contributed by atoms with van der Waals surface area (Å²) in [5.41, 5.74) is 0.320. The first kappa shape index (κ1) is 22.1. The summed E-state index contributed by atoms with van der Waals surface area (Å²) in [6.45, 7) is 9.18. The minimum Gasteiger partial charge on any atom is -0.550 e. The van der Waals surface area contributed by atoms with Gasteiger partial charge in [-0.25, -0.2) is 4.98 Å². The Labute approximate surface area is 186 Å². The second kappa shape index (κ2) is 8.62. The third-order valence-corrected chi connectivity index (χ3v) is 4.10. The molecule has 2 fully saturated rings. The molecule has 126 valence electrons. The molecule has 24 heavy (non-hydrogen) atoms. The molecule has 0 atom stereocenters. The van der Waals surface area contributed by atoms with Crippen LogP contribution in [0.1, 0.15) is 47.5 Å². The zero-order chi connectivity index (χ0) is 17.3. The topological polar surface area (TPSA) is 80.7 Å². The molecule has 0 bridgehead atoms. The standard InChI is InChI=1S/C14H20BNO3.C2H4O2.K/c1-13(2)14(3,4)19-15(18-13)10-7-8-16-12(9-10)17-11-5-6-11;1-2(3)4;/h7-9,11H,5-6H2,1-4H3;1H3,(H,3,4);/q;;+1/p-1. The molecule has 6 nitrogen and oxygen atoms in total. The summed E-state index contributed by atoms with van der Waals surface area (Å²) >= 11 is 0. The monoisotopic (exact) mass is 359 g/mol. The van der Waals surface area contributed by atoms with Crippen LogP contribution in [0, 0.1) is 0 Å². The van der Waals surface area contributed by atoms with E-state index in [1.807, 2.05) is 12.1 Å². The zero-order valence-electron chi connectivity index (χ0n) is 15.3. The Bertz CT molecular complexity index is 557. The van der Waals surface area contributed by atoms with Crippen LogP contribution in [-0.4, -0.2) is 35.4 Å². The number of carboxylic acid groups (broad SMARTS) is 1. The summed E-state index contributed by atoms with van der Waals surface area (Å²) < 4.78 is 17.7. The summed E-state index contributed by atoms with van der Waals surface area (Å²) in [6, 6.07) is 3.84. The third kappa shape index (κ3) is 6.09. The normalized spacial score (nSPS) is 20.5. The van der Waals surface area contributed by atoms with Crippen LogP contribution in [0.25, 0.3) is 0 Å². The van der Waals surface area contributed by atoms with Gasteiger partial charge < -0.3 is 23.9 Å². The van der Waals surface area contributed by atoms with E-state index in [0.717, 1.165) is 25.2 Å². The van der Waals surface area contributed by atoms with Crippen LogP contribution in [-0.2, 0) is 14.1 Å². The fourth-order valence-corrected chi connectivity index (χ4v) is 1.97. The average molecular weight is 359 g/mol. The second-order valence-corrected chi connectivity index (χ2v) is 6.82. The predicted octanol–water partition coefficient (Wildman–Crippen LogP) is -2.32. The number of nitrogens with zero attached hydrogens (tertiary/aromatic N) is 1. The van der Waals surface area contributed by atoms with Crippen LogP contribution in [0.3, 0.4) is 0 Å². The van der Waals surface area contributed by atoms with Gasteiger partial charge in [0.2, 0.25) is 5.88 Å². The van der Waals surface area contributed by atoms with Gasteiger partial charge in [0, 0.05) is 18.2 Å². The predicted molar refractivity (Wildman–Crippen MR) is 84.3 cm³/mol. The van der Waals surface area contributed by atoms with Gasteiger partial charge >= 0.3 is 58.5 Å². The molecule has 0 aromatic carbocycles. The fourth-order valence-electron chi connectivity index (χ4n) is 1.97. The minimum absolute atomic E-state index is 0. The summed E-state index contributed by atoms with van der Waals surface area (Å²) in [7, 11) is -0.352. The fraction of sp³-hybridized carbons (Fsp3) is 0.625. The Morgan fingerprint density at radius 3 is 2.25 bits per heavy atom. The molecule has 1 aliphatic heterocycles. The van der Waals surface area contributed by atoms with Crippen LogP contribution in [0.4, 0.5) is 0 Å². The van der Waals surface area contributed by atoms with Crippen molar-refractivity contribution in [3.05, 3.63) is 18.3 Å². The summed E-state index contributed by atoms with van der Waals surface area (Å²) in [5, 5.41) is 8.89. The second-order valence-electron chi connectivity index (χ2n) is 6.82. The van der Waals surface area contributed by atoms with Crippen molar-refractivity contribution in [2.45, 2.75) is 64.8 Å². The van der Waals surface area contributed by atoms with Crippen molar-refractivity contribution in [2.24, 2.45) is 0 Å². The van der Waals surface area contributed by atoms with Gasteiger partial charge in [-0.05, 0) is 59.0 Å². The Balaban J connectivity index is 0.000000522. The number of hydrogen-bond acceptors (Lipinski definition) is 6. The number of carbonyl (C=O) groups excluding carboxylic acids is 1. The summed E-state index contributed by atoms with van der Waals surface area (Å²) in [4.78, 5) is 13.1. The number of pyridine rings is 1. The smallest absolute Gasteiger partial charge is 0.550 e. The van der Waals surface area contributed by atoms with Gasteiger partial charge in [-0.3, -0.25) is 0 Å². The van der Waals surface area contributed by atoms with Crippen molar-refractivity contribution < 1.29 is 75.3 Å². The molecule has 0 N–H and O–H groups in total. The molecule has 3 rings (SSSR count). The molecule has 1 saturated heterocycles. The molecule has 1 aromatic heterocycles. The first-order chi connectivity index (χ1) is 10.6. The molecular formula is C16H23BKNO5. The Kier molecular flexibility index (Phi) is 7.93. The number of rotatable bonds is 3. The molecule has 8 heteroatoms. The van der Waals surface area contributed by atoms with Gasteiger partial charge in [0.05, 0.1) is 11.2 Å². The van der Waals surface area contributed by atoms with Crippen molar-refractivity contribution >= 4 is 18.6 Å². The molecular weight excluding hydrogens is 336 g/mol. The van der Waals surface area contributed by atoms with Gasteiger partial charge in [0.25, 0.3) is 0 Å². The van der Waals surface area contributed by atoms with Crippen molar-refractivity contribution in [2.75, 3.05) is 0 Å². The van der Waals surface area contributed by atoms with Crippen molar-refractivity contribution in [1.29, 1.82) is 0 Å². The van der Waals surface area contributed by atoms with E-state index in [0.29, 0.717) is 12.0 Å². The van der Waals surface area contributed by atoms with E-state index in [2.05, 4.69) is 32.7 Å². The summed E-state index contributed by atoms with van der Waals surface area (Å²) in [5.74, 6) is -0.422. The van der Waals surface area contributed by atoms with Gasteiger partial charge in [0.15, 0.2) is 0 Å². The molecule has 2 aliphatic rings. The summed E-state index contributed by atoms with van der Waals surface area (Å²) in [6.07, 6.45) is 4.35. The van der Waals surface area contributed by atoms with Crippen LogP contribution in [0.2, 0.25) is 0 Å². The number of aromatic nitrogens is 1. The SMILES string of the molecule is CC(=O)[O-].CC1(C)OB(c2ccnc(OC3CC3)c2)OC1(C)C.[K+]. The van der Waals surface area contributed by atoms with E-state index in [1.54, 1.807) is 6.20 Å². The maximum absolute atomic E-state index is 8.89. The molecule has 1 aliphatic carbocycles. The van der Waals surface area contributed by atoms with Crippen molar-refractivity contribution in [1.82, 2.24) is 4.98 Å². The Hall–Kier alpha value is 0.0413. The van der Waals surface area contributed by atoms with Gasteiger partial charge in [0.1, 0.15) is 6.10 Å². The zero-order valence-corrected chi connectivity index (χ0v) is 18.4. The van der Waals surface area contributed by atoms with E-state index in [-0.39, 0.29) is 69.7 Å². The Morgan fingerprint density at radius 1 is 1.29 bits per heavy atom. The van der Waals surface area contributed by atoms with E-state index < -0.39 is 5.97 Å². The van der Waals surface area contributed by atoms with Crippen molar-refractivity contribution in [3.8, 4) is 5.88 Å². The van der Waals surface area contributed by atoms with Crippen LogP contribution in [0.15, 0.2) is 18.3 Å². The molecule has 1 saturated carbocycles. The number of carbonyl (C=O) groups is 1. The van der Waals surface area contributed by atoms with Crippen molar-refractivity contribution in [3.63, 3.8) is 0 Å². The molecule has 0 radical (unpaired) electrons.